The fraction of sp³-hybridized carbons (Fsp3) is 0.286. The van der Waals surface area contributed by atoms with Gasteiger partial charge in [-0.3, -0.25) is 0 Å². The molecule has 0 aliphatic heterocycles. The van der Waals surface area contributed by atoms with Crippen LogP contribution in [0.25, 0.3) is 0 Å². The Labute approximate surface area is 76.0 Å². The highest BCUT2D eigenvalue weighted by atomic mass is 32.2. The van der Waals surface area contributed by atoms with Gasteiger partial charge in [0.2, 0.25) is 10.0 Å². The molecule has 1 aromatic heterocycles. The molecule has 0 saturated heterocycles. The zero-order chi connectivity index (χ0) is 10.1. The van der Waals surface area contributed by atoms with Gasteiger partial charge in [0.05, 0.1) is 13.4 Å². The van der Waals surface area contributed by atoms with Crippen molar-refractivity contribution < 1.29 is 17.9 Å². The predicted octanol–water partition coefficient (Wildman–Crippen LogP) is 0.0824. The van der Waals surface area contributed by atoms with Gasteiger partial charge in [-0.25, -0.2) is 17.2 Å². The number of aromatic nitrogens is 1. The Morgan fingerprint density at radius 3 is 2.62 bits per heavy atom. The molecule has 1 aromatic rings. The molecule has 5 nitrogen and oxygen atoms in total. The topological polar surface area (TPSA) is 65.4 Å². The first-order valence-electron chi connectivity index (χ1n) is 3.43. The van der Waals surface area contributed by atoms with Crippen molar-refractivity contribution in [1.29, 1.82) is 0 Å². The average molecular weight is 203 g/mol. The highest BCUT2D eigenvalue weighted by molar-refractivity contribution is 7.89. The first-order valence-corrected chi connectivity index (χ1v) is 5.28. The van der Waals surface area contributed by atoms with Crippen LogP contribution in [0.15, 0.2) is 18.3 Å². The lowest BCUT2D eigenvalue weighted by Gasteiger charge is -2.03. The van der Waals surface area contributed by atoms with Gasteiger partial charge in [0.1, 0.15) is 5.69 Å². The maximum Gasteiger partial charge on any atom is 0.355 e. The third kappa shape index (κ3) is 1.89. The van der Waals surface area contributed by atoms with Gasteiger partial charge in [0.15, 0.2) is 0 Å². The number of carbonyl (C=O) groups excluding carboxylic acids is 1. The lowest BCUT2D eigenvalue weighted by Crippen LogP contribution is -2.16. The van der Waals surface area contributed by atoms with Crippen molar-refractivity contribution in [3.8, 4) is 0 Å². The second-order valence-electron chi connectivity index (χ2n) is 2.44. The van der Waals surface area contributed by atoms with E-state index in [9.17, 15) is 13.2 Å². The molecule has 0 bridgehead atoms. The van der Waals surface area contributed by atoms with Crippen molar-refractivity contribution in [3.05, 3.63) is 24.0 Å². The van der Waals surface area contributed by atoms with Crippen molar-refractivity contribution in [2.24, 2.45) is 0 Å². The van der Waals surface area contributed by atoms with E-state index in [4.69, 9.17) is 0 Å². The fourth-order valence-electron chi connectivity index (χ4n) is 0.918. The summed E-state index contributed by atoms with van der Waals surface area (Å²) in [6.45, 7) is 0. The number of methoxy groups -OCH3 is 1. The van der Waals surface area contributed by atoms with E-state index < -0.39 is 16.0 Å². The molecule has 0 radical (unpaired) electrons. The van der Waals surface area contributed by atoms with Gasteiger partial charge in [-0.05, 0) is 12.1 Å². The first-order chi connectivity index (χ1) is 5.96. The molecule has 0 unspecified atom stereocenters. The van der Waals surface area contributed by atoms with E-state index in [2.05, 4.69) is 4.74 Å². The van der Waals surface area contributed by atoms with Crippen molar-refractivity contribution >= 4 is 16.0 Å². The third-order valence-corrected chi connectivity index (χ3v) is 2.50. The molecule has 0 aliphatic carbocycles. The minimum atomic E-state index is -3.43. The van der Waals surface area contributed by atoms with Gasteiger partial charge < -0.3 is 4.74 Å². The van der Waals surface area contributed by atoms with E-state index >= 15 is 0 Å². The summed E-state index contributed by atoms with van der Waals surface area (Å²) in [6, 6.07) is 2.85. The molecule has 0 aromatic carbocycles. The molecule has 0 spiro atoms. The molecule has 0 N–H and O–H groups in total. The predicted molar refractivity (Wildman–Crippen MR) is 46.0 cm³/mol. The van der Waals surface area contributed by atoms with Crippen LogP contribution in [0.2, 0.25) is 0 Å². The Balaban J connectivity index is 3.26. The van der Waals surface area contributed by atoms with Gasteiger partial charge in [0.25, 0.3) is 0 Å². The summed E-state index contributed by atoms with van der Waals surface area (Å²) in [5, 5.41) is 0. The molecular weight excluding hydrogens is 194 g/mol. The Morgan fingerprint density at radius 1 is 1.54 bits per heavy atom. The highest BCUT2D eigenvalue weighted by Crippen LogP contribution is 2.06. The molecule has 0 aliphatic rings. The van der Waals surface area contributed by atoms with Crippen LogP contribution in [0.3, 0.4) is 0 Å². The summed E-state index contributed by atoms with van der Waals surface area (Å²) in [4.78, 5) is 11.0. The van der Waals surface area contributed by atoms with Crippen LogP contribution in [0.5, 0.6) is 0 Å². The first kappa shape index (κ1) is 9.79. The standard InChI is InChI=1S/C7H9NO4S/c1-12-7(9)6-4-3-5-8(6)13(2,10)11/h3-5H,1-2H3. The smallest absolute Gasteiger partial charge is 0.355 e. The summed E-state index contributed by atoms with van der Waals surface area (Å²) < 4.78 is 27.5. The molecule has 13 heavy (non-hydrogen) atoms. The van der Waals surface area contributed by atoms with Gasteiger partial charge in [-0.1, -0.05) is 0 Å². The normalized spacial score (nSPS) is 11.2. The molecule has 1 rings (SSSR count). The van der Waals surface area contributed by atoms with Crippen LogP contribution in [0.4, 0.5) is 0 Å². The maximum atomic E-state index is 11.1. The van der Waals surface area contributed by atoms with Crippen molar-refractivity contribution in [2.75, 3.05) is 13.4 Å². The number of ether oxygens (including phenoxy) is 1. The van der Waals surface area contributed by atoms with Gasteiger partial charge >= 0.3 is 5.97 Å². The van der Waals surface area contributed by atoms with E-state index in [0.717, 1.165) is 10.2 Å². The Bertz CT molecular complexity index is 417. The van der Waals surface area contributed by atoms with Crippen LogP contribution in [-0.2, 0) is 14.8 Å². The second kappa shape index (κ2) is 3.21. The monoisotopic (exact) mass is 203 g/mol. The van der Waals surface area contributed by atoms with E-state index in [0.29, 0.717) is 0 Å². The molecule has 6 heteroatoms. The quantitative estimate of drug-likeness (QED) is 0.638. The lowest BCUT2D eigenvalue weighted by atomic mass is 10.4. The number of hydrogen-bond acceptors (Lipinski definition) is 4. The fourth-order valence-corrected chi connectivity index (χ4v) is 1.70. The number of rotatable bonds is 2. The van der Waals surface area contributed by atoms with Crippen molar-refractivity contribution in [1.82, 2.24) is 3.97 Å². The molecule has 0 fully saturated rings. The third-order valence-electron chi connectivity index (χ3n) is 1.46. The summed E-state index contributed by atoms with van der Waals surface area (Å²) >= 11 is 0. The van der Waals surface area contributed by atoms with Crippen molar-refractivity contribution in [2.45, 2.75) is 0 Å². The van der Waals surface area contributed by atoms with Crippen LogP contribution in [0.1, 0.15) is 10.5 Å². The van der Waals surface area contributed by atoms with Crippen LogP contribution in [-0.4, -0.2) is 31.7 Å². The molecule has 0 atom stereocenters. The molecule has 0 saturated carbocycles. The number of nitrogens with zero attached hydrogens (tertiary/aromatic N) is 1. The summed E-state index contributed by atoms with van der Waals surface area (Å²) in [6.07, 6.45) is 2.31. The van der Waals surface area contributed by atoms with E-state index in [-0.39, 0.29) is 5.69 Å². The minimum absolute atomic E-state index is 0.00463. The summed E-state index contributed by atoms with van der Waals surface area (Å²) in [5.74, 6) is -0.671. The van der Waals surface area contributed by atoms with Gasteiger partial charge in [-0.15, -0.1) is 0 Å². The molecule has 0 amide bonds. The van der Waals surface area contributed by atoms with Crippen molar-refractivity contribution in [3.63, 3.8) is 0 Å². The second-order valence-corrected chi connectivity index (χ2v) is 4.30. The van der Waals surface area contributed by atoms with E-state index in [1.165, 1.54) is 25.4 Å². The van der Waals surface area contributed by atoms with Crippen LogP contribution in [0, 0.1) is 0 Å². The molecule has 1 heterocycles. The summed E-state index contributed by atoms with van der Waals surface area (Å²) in [5.41, 5.74) is 0.00463. The highest BCUT2D eigenvalue weighted by Gasteiger charge is 2.16. The lowest BCUT2D eigenvalue weighted by molar-refractivity contribution is 0.0593. The van der Waals surface area contributed by atoms with Crippen LogP contribution < -0.4 is 0 Å². The van der Waals surface area contributed by atoms with Crippen LogP contribution >= 0.6 is 0 Å². The van der Waals surface area contributed by atoms with E-state index in [1.54, 1.807) is 0 Å². The van der Waals surface area contributed by atoms with Gasteiger partial charge in [0, 0.05) is 6.20 Å². The van der Waals surface area contributed by atoms with Gasteiger partial charge in [-0.2, -0.15) is 0 Å². The largest absolute Gasteiger partial charge is 0.464 e. The Morgan fingerprint density at radius 2 is 2.15 bits per heavy atom. The molecule has 72 valence electrons. The van der Waals surface area contributed by atoms with E-state index in [1.807, 2.05) is 0 Å². The SMILES string of the molecule is COC(=O)c1cccn1S(C)(=O)=O. The number of hydrogen-bond donors (Lipinski definition) is 0. The zero-order valence-corrected chi connectivity index (χ0v) is 8.04. The Hall–Kier alpha value is -1.30. The average Bonchev–Trinajstić information content (AvgIpc) is 2.49. The number of carbonyl (C=O) groups is 1. The minimum Gasteiger partial charge on any atom is -0.464 e. The summed E-state index contributed by atoms with van der Waals surface area (Å²) in [7, 11) is -2.23. The number of esters is 1. The molecular formula is C7H9NO4S. The Kier molecular flexibility index (Phi) is 2.42. The zero-order valence-electron chi connectivity index (χ0n) is 7.22. The maximum absolute atomic E-state index is 11.1.